The molecule has 0 spiro atoms. The Morgan fingerprint density at radius 2 is 2.46 bits per heavy atom. The number of carbonyl (C=O) groups is 1. The molecule has 0 unspecified atom stereocenters. The molecule has 0 radical (unpaired) electrons. The monoisotopic (exact) mass is 179 g/mol. The number of hydrazone groups is 1. The molecule has 1 amide bonds. The number of aromatic nitrogens is 1. The van der Waals surface area contributed by atoms with Crippen LogP contribution in [0.1, 0.15) is 12.5 Å². The number of hydrogen-bond donors (Lipinski definition) is 2. The summed E-state index contributed by atoms with van der Waals surface area (Å²) < 4.78 is 0. The van der Waals surface area contributed by atoms with Gasteiger partial charge in [0.1, 0.15) is 0 Å². The Hall–Kier alpha value is -1.91. The van der Waals surface area contributed by atoms with Crippen LogP contribution in [0.3, 0.4) is 0 Å². The third-order valence-corrected chi connectivity index (χ3v) is 1.40. The summed E-state index contributed by atoms with van der Waals surface area (Å²) in [5.41, 5.74) is 3.29. The molecule has 68 valence electrons. The van der Waals surface area contributed by atoms with Crippen molar-refractivity contribution in [2.45, 2.75) is 6.92 Å². The van der Waals surface area contributed by atoms with Crippen molar-refractivity contribution in [1.29, 1.82) is 0 Å². The van der Waals surface area contributed by atoms with E-state index < -0.39 is 6.09 Å². The minimum Gasteiger partial charge on any atom is -0.464 e. The Balaban J connectivity index is 2.73. The highest BCUT2D eigenvalue weighted by molar-refractivity contribution is 5.98. The van der Waals surface area contributed by atoms with E-state index in [-0.39, 0.29) is 0 Å². The lowest BCUT2D eigenvalue weighted by atomic mass is 10.2. The fourth-order valence-corrected chi connectivity index (χ4v) is 0.773. The SMILES string of the molecule is C/C(=N/NC(=O)O)c1cccnc1. The lowest BCUT2D eigenvalue weighted by Gasteiger charge is -1.98. The van der Waals surface area contributed by atoms with Gasteiger partial charge in [0.05, 0.1) is 5.71 Å². The van der Waals surface area contributed by atoms with Crippen molar-refractivity contribution in [2.24, 2.45) is 5.10 Å². The van der Waals surface area contributed by atoms with Crippen LogP contribution in [-0.2, 0) is 0 Å². The Morgan fingerprint density at radius 3 is 3.00 bits per heavy atom. The third kappa shape index (κ3) is 2.90. The van der Waals surface area contributed by atoms with Crippen molar-refractivity contribution < 1.29 is 9.90 Å². The highest BCUT2D eigenvalue weighted by Crippen LogP contribution is 1.96. The molecule has 2 N–H and O–H groups in total. The lowest BCUT2D eigenvalue weighted by molar-refractivity contribution is 0.195. The van der Waals surface area contributed by atoms with Gasteiger partial charge in [-0.2, -0.15) is 5.10 Å². The Labute approximate surface area is 75.1 Å². The quantitative estimate of drug-likeness (QED) is 0.526. The Bertz CT molecular complexity index is 321. The maximum absolute atomic E-state index is 10.1. The molecule has 0 aliphatic heterocycles. The van der Waals surface area contributed by atoms with E-state index >= 15 is 0 Å². The van der Waals surface area contributed by atoms with Crippen LogP contribution in [0.4, 0.5) is 4.79 Å². The number of pyridine rings is 1. The molecule has 1 aromatic heterocycles. The number of rotatable bonds is 2. The normalized spacial score (nSPS) is 11.0. The zero-order chi connectivity index (χ0) is 9.68. The minimum absolute atomic E-state index is 0.579. The van der Waals surface area contributed by atoms with Crippen LogP contribution < -0.4 is 5.43 Å². The summed E-state index contributed by atoms with van der Waals surface area (Å²) in [6, 6.07) is 3.56. The molecule has 5 heteroatoms. The first-order valence-corrected chi connectivity index (χ1v) is 3.64. The molecule has 0 aromatic carbocycles. The molecule has 1 aromatic rings. The van der Waals surface area contributed by atoms with E-state index in [0.717, 1.165) is 5.56 Å². The van der Waals surface area contributed by atoms with E-state index in [2.05, 4.69) is 10.1 Å². The Kier molecular flexibility index (Phi) is 2.97. The number of hydrogen-bond acceptors (Lipinski definition) is 3. The molecule has 1 heterocycles. The van der Waals surface area contributed by atoms with E-state index in [9.17, 15) is 4.79 Å². The lowest BCUT2D eigenvalue weighted by Crippen LogP contribution is -2.16. The molecule has 0 bridgehead atoms. The summed E-state index contributed by atoms with van der Waals surface area (Å²) in [4.78, 5) is 14.0. The van der Waals surface area contributed by atoms with E-state index in [1.54, 1.807) is 31.5 Å². The molecular formula is C8H9N3O2. The van der Waals surface area contributed by atoms with Gasteiger partial charge in [-0.3, -0.25) is 4.98 Å². The summed E-state index contributed by atoms with van der Waals surface area (Å²) >= 11 is 0. The van der Waals surface area contributed by atoms with Crippen molar-refractivity contribution in [3.63, 3.8) is 0 Å². The fourth-order valence-electron chi connectivity index (χ4n) is 0.773. The molecule has 0 fully saturated rings. The summed E-state index contributed by atoms with van der Waals surface area (Å²) in [7, 11) is 0. The van der Waals surface area contributed by atoms with Crippen LogP contribution in [0.25, 0.3) is 0 Å². The fraction of sp³-hybridized carbons (Fsp3) is 0.125. The van der Waals surface area contributed by atoms with Gasteiger partial charge >= 0.3 is 6.09 Å². The Morgan fingerprint density at radius 1 is 1.69 bits per heavy atom. The van der Waals surface area contributed by atoms with Crippen molar-refractivity contribution in [3.8, 4) is 0 Å². The van der Waals surface area contributed by atoms with Crippen molar-refractivity contribution in [3.05, 3.63) is 30.1 Å². The second kappa shape index (κ2) is 4.20. The number of carboxylic acid groups (broad SMARTS) is 1. The number of nitrogens with zero attached hydrogens (tertiary/aromatic N) is 2. The standard InChI is InChI=1S/C8H9N3O2/c1-6(10-11-8(12)13)7-3-2-4-9-5-7/h2-5,11H,1H3,(H,12,13)/b10-6-. The maximum Gasteiger partial charge on any atom is 0.425 e. The smallest absolute Gasteiger partial charge is 0.425 e. The predicted octanol–water partition coefficient (Wildman–Crippen LogP) is 1.07. The van der Waals surface area contributed by atoms with Crippen LogP contribution in [0.5, 0.6) is 0 Å². The van der Waals surface area contributed by atoms with E-state index in [1.807, 2.05) is 5.43 Å². The molecule has 0 saturated heterocycles. The minimum atomic E-state index is -1.18. The summed E-state index contributed by atoms with van der Waals surface area (Å²) in [6.45, 7) is 1.70. The van der Waals surface area contributed by atoms with Gasteiger partial charge in [-0.05, 0) is 13.0 Å². The van der Waals surface area contributed by atoms with Crippen molar-refractivity contribution >= 4 is 11.8 Å². The summed E-state index contributed by atoms with van der Waals surface area (Å²) in [5, 5.41) is 11.9. The largest absolute Gasteiger partial charge is 0.464 e. The van der Waals surface area contributed by atoms with Crippen molar-refractivity contribution in [2.75, 3.05) is 0 Å². The van der Waals surface area contributed by atoms with Gasteiger partial charge in [0, 0.05) is 18.0 Å². The second-order valence-electron chi connectivity index (χ2n) is 2.36. The molecule has 0 aliphatic rings. The zero-order valence-corrected chi connectivity index (χ0v) is 7.06. The summed E-state index contributed by atoms with van der Waals surface area (Å²) in [5.74, 6) is 0. The van der Waals surface area contributed by atoms with E-state index in [1.165, 1.54) is 0 Å². The van der Waals surface area contributed by atoms with E-state index in [0.29, 0.717) is 5.71 Å². The van der Waals surface area contributed by atoms with Crippen LogP contribution >= 0.6 is 0 Å². The van der Waals surface area contributed by atoms with Gasteiger partial charge in [-0.15, -0.1) is 0 Å². The molecule has 1 rings (SSSR count). The van der Waals surface area contributed by atoms with Crippen LogP contribution in [0.15, 0.2) is 29.6 Å². The average molecular weight is 179 g/mol. The van der Waals surface area contributed by atoms with Gasteiger partial charge < -0.3 is 5.11 Å². The first kappa shape index (κ1) is 9.18. The molecule has 0 atom stereocenters. The maximum atomic E-state index is 10.1. The number of nitrogens with one attached hydrogen (secondary N) is 1. The first-order chi connectivity index (χ1) is 6.20. The molecule has 13 heavy (non-hydrogen) atoms. The van der Waals surface area contributed by atoms with Gasteiger partial charge in [-0.25, -0.2) is 10.2 Å². The van der Waals surface area contributed by atoms with Crippen LogP contribution in [-0.4, -0.2) is 21.9 Å². The molecule has 0 aliphatic carbocycles. The summed E-state index contributed by atoms with van der Waals surface area (Å²) in [6.07, 6.45) is 2.08. The van der Waals surface area contributed by atoms with Gasteiger partial charge in [0.25, 0.3) is 0 Å². The highest BCUT2D eigenvalue weighted by Gasteiger charge is 1.96. The second-order valence-corrected chi connectivity index (χ2v) is 2.36. The van der Waals surface area contributed by atoms with Crippen LogP contribution in [0, 0.1) is 0 Å². The number of amides is 1. The molecule has 5 nitrogen and oxygen atoms in total. The zero-order valence-electron chi connectivity index (χ0n) is 7.06. The third-order valence-electron chi connectivity index (χ3n) is 1.40. The van der Waals surface area contributed by atoms with Gasteiger partial charge in [0.2, 0.25) is 0 Å². The van der Waals surface area contributed by atoms with E-state index in [4.69, 9.17) is 5.11 Å². The molecule has 0 saturated carbocycles. The highest BCUT2D eigenvalue weighted by atomic mass is 16.4. The first-order valence-electron chi connectivity index (χ1n) is 3.64. The van der Waals surface area contributed by atoms with Crippen LogP contribution in [0.2, 0.25) is 0 Å². The topological polar surface area (TPSA) is 74.6 Å². The average Bonchev–Trinajstić information content (AvgIpc) is 2.15. The van der Waals surface area contributed by atoms with Gasteiger partial charge in [-0.1, -0.05) is 6.07 Å². The molecular weight excluding hydrogens is 170 g/mol. The predicted molar refractivity (Wildman–Crippen MR) is 47.6 cm³/mol. The van der Waals surface area contributed by atoms with Crippen molar-refractivity contribution in [1.82, 2.24) is 10.4 Å². The van der Waals surface area contributed by atoms with Gasteiger partial charge in [0.15, 0.2) is 0 Å².